The molecule has 0 fully saturated rings. The summed E-state index contributed by atoms with van der Waals surface area (Å²) in [5.41, 5.74) is 0. The van der Waals surface area contributed by atoms with Gasteiger partial charge in [-0.1, -0.05) is 29.8 Å². The lowest BCUT2D eigenvalue weighted by Gasteiger charge is -2.06. The third kappa shape index (κ3) is 2.79. The van der Waals surface area contributed by atoms with Crippen LogP contribution in [-0.2, 0) is 9.74 Å². The molecule has 0 aromatic carbocycles. The Hall–Kier alpha value is -0.120. The summed E-state index contributed by atoms with van der Waals surface area (Å²) in [4.78, 5) is 12.8. The molecule has 0 aliphatic carbocycles. The molecule has 4 heteroatoms. The van der Waals surface area contributed by atoms with Crippen LogP contribution in [0.4, 0.5) is 4.53 Å². The quantitative estimate of drug-likeness (QED) is 0.634. The molecule has 0 N–H and O–H groups in total. The molecule has 0 saturated heterocycles. The Morgan fingerprint density at radius 1 is 1.67 bits per heavy atom. The number of hydrogen-bond acceptors (Lipinski definition) is 2. The van der Waals surface area contributed by atoms with Gasteiger partial charge in [-0.2, -0.15) is 0 Å². The van der Waals surface area contributed by atoms with E-state index in [0.29, 0.717) is 0 Å². The van der Waals surface area contributed by atoms with Gasteiger partial charge in [0.25, 0.3) is 0 Å². The van der Waals surface area contributed by atoms with Crippen LogP contribution in [0.25, 0.3) is 0 Å². The van der Waals surface area contributed by atoms with Crippen LogP contribution in [0.1, 0.15) is 13.8 Å². The molecule has 9 heavy (non-hydrogen) atoms. The fourth-order valence-corrected chi connectivity index (χ4v) is 0.385. The van der Waals surface area contributed by atoms with Crippen molar-refractivity contribution in [2.24, 2.45) is 5.92 Å². The largest absolute Gasteiger partial charge is 0.362 e. The Morgan fingerprint density at radius 2 is 2.11 bits per heavy atom. The van der Waals surface area contributed by atoms with E-state index in [2.05, 4.69) is 20.9 Å². The van der Waals surface area contributed by atoms with E-state index in [1.54, 1.807) is 13.8 Å². The van der Waals surface area contributed by atoms with Gasteiger partial charge in [-0.15, -0.1) is 0 Å². The zero-order valence-electron chi connectivity index (χ0n) is 5.23. The molecule has 0 aliphatic rings. The van der Waals surface area contributed by atoms with Gasteiger partial charge in [0.1, 0.15) is 4.83 Å². The van der Waals surface area contributed by atoms with Crippen molar-refractivity contribution in [1.29, 1.82) is 0 Å². The minimum atomic E-state index is -0.870. The van der Waals surface area contributed by atoms with Gasteiger partial charge in [-0.3, -0.25) is 4.94 Å². The Bertz CT molecular complexity index is 105. The van der Waals surface area contributed by atoms with Crippen LogP contribution >= 0.6 is 15.9 Å². The smallest absolute Gasteiger partial charge is 0.254 e. The maximum Gasteiger partial charge on any atom is 0.362 e. The van der Waals surface area contributed by atoms with Gasteiger partial charge in [0, 0.05) is 4.53 Å². The summed E-state index contributed by atoms with van der Waals surface area (Å²) in [6.07, 6.45) is 0. The fourth-order valence-electron chi connectivity index (χ4n) is 0.315. The summed E-state index contributed by atoms with van der Waals surface area (Å²) in [5, 5.41) is 0. The average molecular weight is 199 g/mol. The summed E-state index contributed by atoms with van der Waals surface area (Å²) in [6.45, 7) is 3.58. The van der Waals surface area contributed by atoms with Crippen molar-refractivity contribution >= 4 is 21.9 Å². The zero-order valence-corrected chi connectivity index (χ0v) is 6.81. The Morgan fingerprint density at radius 3 is 2.22 bits per heavy atom. The van der Waals surface area contributed by atoms with Gasteiger partial charge in [0.05, 0.1) is 0 Å². The van der Waals surface area contributed by atoms with E-state index in [1.165, 1.54) is 0 Å². The molecule has 0 saturated carbocycles. The Labute approximate surface area is 61.4 Å². The molecule has 0 bridgehead atoms. The molecule has 0 heterocycles. The second kappa shape index (κ2) is 3.82. The summed E-state index contributed by atoms with van der Waals surface area (Å²) < 4.78 is 11.1. The van der Waals surface area contributed by atoms with E-state index < -0.39 is 10.8 Å². The zero-order chi connectivity index (χ0) is 7.44. The first-order valence-corrected chi connectivity index (χ1v) is 3.47. The lowest BCUT2D eigenvalue weighted by Crippen LogP contribution is -2.19. The van der Waals surface area contributed by atoms with Crippen molar-refractivity contribution in [3.8, 4) is 0 Å². The number of halogens is 2. The number of carbonyl (C=O) groups is 1. The Balaban J connectivity index is 3.72. The number of rotatable bonds is 2. The molecule has 0 radical (unpaired) electrons. The van der Waals surface area contributed by atoms with Crippen molar-refractivity contribution in [3.05, 3.63) is 0 Å². The lowest BCUT2D eigenvalue weighted by atomic mass is 10.1. The van der Waals surface area contributed by atoms with E-state index >= 15 is 0 Å². The molecular weight excluding hydrogens is 191 g/mol. The fraction of sp³-hybridized carbons (Fsp3) is 0.800. The summed E-state index contributed by atoms with van der Waals surface area (Å²) in [5.74, 6) is -0.821. The SMILES string of the molecule is CC(C)C(Br)C(=O)OF. The van der Waals surface area contributed by atoms with Gasteiger partial charge in [-0.05, 0) is 5.92 Å². The Kier molecular flexibility index (Phi) is 3.77. The van der Waals surface area contributed by atoms with Crippen LogP contribution < -0.4 is 0 Å². The number of alkyl halides is 1. The average Bonchev–Trinajstić information content (AvgIpc) is 1.84. The van der Waals surface area contributed by atoms with Crippen molar-refractivity contribution in [2.45, 2.75) is 18.7 Å². The van der Waals surface area contributed by atoms with Gasteiger partial charge < -0.3 is 0 Å². The van der Waals surface area contributed by atoms with Crippen LogP contribution in [-0.4, -0.2) is 10.8 Å². The van der Waals surface area contributed by atoms with Crippen LogP contribution in [0, 0.1) is 5.92 Å². The van der Waals surface area contributed by atoms with E-state index in [9.17, 15) is 9.32 Å². The monoisotopic (exact) mass is 198 g/mol. The maximum atomic E-state index is 11.1. The van der Waals surface area contributed by atoms with Crippen LogP contribution in [0.5, 0.6) is 0 Å². The van der Waals surface area contributed by atoms with Gasteiger partial charge >= 0.3 is 5.97 Å². The number of carbonyl (C=O) groups excluding carboxylic acids is 1. The molecule has 0 amide bonds. The number of hydrogen-bond donors (Lipinski definition) is 0. The van der Waals surface area contributed by atoms with Crippen LogP contribution in [0.3, 0.4) is 0 Å². The van der Waals surface area contributed by atoms with E-state index in [-0.39, 0.29) is 5.92 Å². The van der Waals surface area contributed by atoms with Gasteiger partial charge in [0.2, 0.25) is 0 Å². The second-order valence-electron chi connectivity index (χ2n) is 2.04. The molecule has 2 nitrogen and oxygen atoms in total. The molecule has 1 unspecified atom stereocenters. The topological polar surface area (TPSA) is 26.3 Å². The predicted molar refractivity (Wildman–Crippen MR) is 34.8 cm³/mol. The standard InChI is InChI=1S/C5H8BrFO2/c1-3(2)4(6)5(8)9-7/h3-4H,1-2H3. The molecule has 0 aromatic rings. The predicted octanol–water partition coefficient (Wildman–Crippen LogP) is 1.83. The van der Waals surface area contributed by atoms with Crippen molar-refractivity contribution in [1.82, 2.24) is 0 Å². The second-order valence-corrected chi connectivity index (χ2v) is 3.03. The van der Waals surface area contributed by atoms with Crippen molar-refractivity contribution in [2.75, 3.05) is 0 Å². The highest BCUT2D eigenvalue weighted by Gasteiger charge is 2.20. The van der Waals surface area contributed by atoms with E-state index in [4.69, 9.17) is 0 Å². The van der Waals surface area contributed by atoms with E-state index in [0.717, 1.165) is 0 Å². The first-order valence-electron chi connectivity index (χ1n) is 2.56. The molecule has 1 atom stereocenters. The normalized spacial score (nSPS) is 13.4. The minimum absolute atomic E-state index is 0.0493. The van der Waals surface area contributed by atoms with Gasteiger partial charge in [0.15, 0.2) is 0 Å². The first-order chi connectivity index (χ1) is 4.09. The minimum Gasteiger partial charge on any atom is -0.254 e. The highest BCUT2D eigenvalue weighted by atomic mass is 79.9. The third-order valence-corrected chi connectivity index (χ3v) is 2.32. The third-order valence-electron chi connectivity index (χ3n) is 0.887. The molecule has 0 aromatic heterocycles. The molecule has 0 spiro atoms. The van der Waals surface area contributed by atoms with Crippen LogP contribution in [0.15, 0.2) is 0 Å². The van der Waals surface area contributed by atoms with E-state index in [1.807, 2.05) is 0 Å². The molecular formula is C5H8BrFO2. The summed E-state index contributed by atoms with van der Waals surface area (Å²) in [7, 11) is 0. The van der Waals surface area contributed by atoms with Crippen molar-refractivity contribution in [3.63, 3.8) is 0 Å². The summed E-state index contributed by atoms with van der Waals surface area (Å²) in [6, 6.07) is 0. The molecule has 54 valence electrons. The van der Waals surface area contributed by atoms with Crippen molar-refractivity contribution < 1.29 is 14.3 Å². The van der Waals surface area contributed by atoms with Gasteiger partial charge in [-0.25, -0.2) is 4.79 Å². The van der Waals surface area contributed by atoms with Crippen LogP contribution in [0.2, 0.25) is 0 Å². The summed E-state index contributed by atoms with van der Waals surface area (Å²) >= 11 is 2.95. The lowest BCUT2D eigenvalue weighted by molar-refractivity contribution is -0.183. The molecule has 0 aliphatic heterocycles. The highest BCUT2D eigenvalue weighted by Crippen LogP contribution is 2.13. The maximum absolute atomic E-state index is 11.1. The molecule has 0 rings (SSSR count). The highest BCUT2D eigenvalue weighted by molar-refractivity contribution is 9.10. The first kappa shape index (κ1) is 8.88.